The van der Waals surface area contributed by atoms with Gasteiger partial charge in [-0.3, -0.25) is 0 Å². The van der Waals surface area contributed by atoms with E-state index in [0.717, 1.165) is 22.7 Å². The molecular weight excluding hydrogens is 444 g/mol. The molecular formula is C32H22N2S. The number of nitrogens with zero attached hydrogens (tertiary/aromatic N) is 2. The molecule has 0 aliphatic rings. The summed E-state index contributed by atoms with van der Waals surface area (Å²) in [5.74, 6) is 0. The predicted octanol–water partition coefficient (Wildman–Crippen LogP) is 9.47. The van der Waals surface area contributed by atoms with Crippen LogP contribution in [0, 0.1) is 0 Å². The third-order valence-electron chi connectivity index (χ3n) is 6.66. The summed E-state index contributed by atoms with van der Waals surface area (Å²) in [5, 5.41) is 6.15. The molecule has 7 aromatic rings. The summed E-state index contributed by atoms with van der Waals surface area (Å²) in [7, 11) is 0. The van der Waals surface area contributed by atoms with Crippen molar-refractivity contribution in [3.05, 3.63) is 133 Å². The van der Waals surface area contributed by atoms with Crippen molar-refractivity contribution in [2.45, 2.75) is 0 Å². The number of rotatable bonds is 4. The first-order valence-corrected chi connectivity index (χ1v) is 12.7. The van der Waals surface area contributed by atoms with Crippen LogP contribution in [0.1, 0.15) is 0 Å². The minimum absolute atomic E-state index is 1.13. The number of hydrogen-bond donors (Lipinski definition) is 0. The molecule has 0 bridgehead atoms. The van der Waals surface area contributed by atoms with E-state index in [2.05, 4.69) is 142 Å². The lowest BCUT2D eigenvalue weighted by Crippen LogP contribution is -2.09. The molecule has 0 fully saturated rings. The molecule has 0 aliphatic carbocycles. The molecule has 2 nitrogen and oxygen atoms in total. The topological polar surface area (TPSA) is 8.17 Å². The zero-order chi connectivity index (χ0) is 23.2. The van der Waals surface area contributed by atoms with E-state index in [-0.39, 0.29) is 0 Å². The number of benzene rings is 5. The molecule has 2 heterocycles. The van der Waals surface area contributed by atoms with Crippen LogP contribution in [-0.2, 0) is 0 Å². The van der Waals surface area contributed by atoms with E-state index in [1.54, 1.807) is 11.3 Å². The van der Waals surface area contributed by atoms with Gasteiger partial charge in [0.15, 0.2) is 0 Å². The van der Waals surface area contributed by atoms with E-state index in [9.17, 15) is 0 Å². The predicted molar refractivity (Wildman–Crippen MR) is 151 cm³/mol. The molecule has 166 valence electrons. The fourth-order valence-corrected chi connectivity index (χ4v) is 5.94. The minimum Gasteiger partial charge on any atom is -0.311 e. The van der Waals surface area contributed by atoms with Gasteiger partial charge in [0.1, 0.15) is 0 Å². The molecule has 0 saturated carbocycles. The Morgan fingerprint density at radius 1 is 0.486 bits per heavy atom. The van der Waals surface area contributed by atoms with Crippen molar-refractivity contribution in [3.8, 4) is 5.69 Å². The molecule has 0 N–H and O–H groups in total. The molecule has 7 rings (SSSR count). The molecule has 2 aromatic heterocycles. The molecule has 0 atom stereocenters. The number of thiophene rings is 1. The van der Waals surface area contributed by atoms with E-state index in [0.29, 0.717) is 0 Å². The first-order chi connectivity index (χ1) is 17.4. The van der Waals surface area contributed by atoms with Crippen molar-refractivity contribution < 1.29 is 0 Å². The van der Waals surface area contributed by atoms with Crippen LogP contribution in [0.15, 0.2) is 133 Å². The Morgan fingerprint density at radius 3 is 1.83 bits per heavy atom. The summed E-state index contributed by atoms with van der Waals surface area (Å²) in [6.07, 6.45) is 0. The van der Waals surface area contributed by atoms with E-state index in [1.807, 2.05) is 0 Å². The van der Waals surface area contributed by atoms with E-state index >= 15 is 0 Å². The van der Waals surface area contributed by atoms with Crippen LogP contribution in [0.3, 0.4) is 0 Å². The van der Waals surface area contributed by atoms with Crippen LogP contribution in [0.25, 0.3) is 37.6 Å². The second kappa shape index (κ2) is 8.15. The summed E-state index contributed by atoms with van der Waals surface area (Å²) in [6.45, 7) is 0. The van der Waals surface area contributed by atoms with Crippen LogP contribution in [-0.4, -0.2) is 4.57 Å². The van der Waals surface area contributed by atoms with Crippen molar-refractivity contribution in [1.82, 2.24) is 4.57 Å². The second-order valence-corrected chi connectivity index (χ2v) is 9.62. The van der Waals surface area contributed by atoms with Crippen molar-refractivity contribution in [3.63, 3.8) is 0 Å². The number of para-hydroxylation sites is 3. The maximum atomic E-state index is 2.39. The smallest absolute Gasteiger partial charge is 0.0548 e. The average Bonchev–Trinajstić information content (AvgIpc) is 3.53. The third-order valence-corrected chi connectivity index (χ3v) is 7.55. The molecule has 0 spiro atoms. The zero-order valence-electron chi connectivity index (χ0n) is 19.0. The Morgan fingerprint density at radius 2 is 1.11 bits per heavy atom. The van der Waals surface area contributed by atoms with Gasteiger partial charge in [-0.05, 0) is 78.2 Å². The molecule has 0 unspecified atom stereocenters. The van der Waals surface area contributed by atoms with Gasteiger partial charge in [-0.1, -0.05) is 54.6 Å². The summed E-state index contributed by atoms with van der Waals surface area (Å²) in [4.78, 5) is 2.30. The standard InChI is InChI=1S/C32H22N2S/c1-3-9-23(10-4-1)33(24-11-5-2-6-12-24)25-15-17-26(18-16-25)34-29-14-8-7-13-27(29)32-28-21-22-35-31(28)20-19-30(32)34/h1-22H. The third kappa shape index (κ3) is 3.24. The molecule has 3 heteroatoms. The lowest BCUT2D eigenvalue weighted by atomic mass is 10.1. The highest BCUT2D eigenvalue weighted by molar-refractivity contribution is 7.17. The van der Waals surface area contributed by atoms with E-state index in [1.165, 1.54) is 31.9 Å². The summed E-state index contributed by atoms with van der Waals surface area (Å²) in [5.41, 5.74) is 7.05. The van der Waals surface area contributed by atoms with Crippen LogP contribution >= 0.6 is 11.3 Å². The zero-order valence-corrected chi connectivity index (χ0v) is 19.8. The lowest BCUT2D eigenvalue weighted by molar-refractivity contribution is 1.17. The van der Waals surface area contributed by atoms with Crippen molar-refractivity contribution in [2.75, 3.05) is 4.90 Å². The van der Waals surface area contributed by atoms with Gasteiger partial charge >= 0.3 is 0 Å². The van der Waals surface area contributed by atoms with Crippen LogP contribution < -0.4 is 4.90 Å². The van der Waals surface area contributed by atoms with Crippen molar-refractivity contribution in [1.29, 1.82) is 0 Å². The first kappa shape index (κ1) is 20.1. The highest BCUT2D eigenvalue weighted by Gasteiger charge is 2.16. The van der Waals surface area contributed by atoms with E-state index < -0.39 is 0 Å². The Kier molecular flexibility index (Phi) is 4.68. The number of anilines is 3. The average molecular weight is 467 g/mol. The Balaban J connectivity index is 1.41. The summed E-state index contributed by atoms with van der Waals surface area (Å²) >= 11 is 1.80. The molecule has 0 amide bonds. The van der Waals surface area contributed by atoms with Gasteiger partial charge in [0, 0.05) is 43.6 Å². The molecule has 0 radical (unpaired) electrons. The summed E-state index contributed by atoms with van der Waals surface area (Å²) in [6, 6.07) is 45.5. The van der Waals surface area contributed by atoms with Crippen LogP contribution in [0.5, 0.6) is 0 Å². The number of aromatic nitrogens is 1. The maximum Gasteiger partial charge on any atom is 0.0548 e. The van der Waals surface area contributed by atoms with Gasteiger partial charge in [-0.15, -0.1) is 11.3 Å². The Bertz CT molecular complexity index is 1740. The Hall–Kier alpha value is -4.34. The Labute approximate surface area is 207 Å². The maximum absolute atomic E-state index is 2.39. The van der Waals surface area contributed by atoms with Gasteiger partial charge in [0.05, 0.1) is 11.0 Å². The van der Waals surface area contributed by atoms with Gasteiger partial charge in [0.2, 0.25) is 0 Å². The van der Waals surface area contributed by atoms with Crippen LogP contribution in [0.2, 0.25) is 0 Å². The van der Waals surface area contributed by atoms with Gasteiger partial charge < -0.3 is 9.47 Å². The van der Waals surface area contributed by atoms with Crippen molar-refractivity contribution >= 4 is 60.3 Å². The number of hydrogen-bond acceptors (Lipinski definition) is 2. The summed E-state index contributed by atoms with van der Waals surface area (Å²) < 4.78 is 3.72. The normalized spacial score (nSPS) is 11.4. The van der Waals surface area contributed by atoms with Gasteiger partial charge in [-0.25, -0.2) is 0 Å². The lowest BCUT2D eigenvalue weighted by Gasteiger charge is -2.25. The molecule has 0 aliphatic heterocycles. The monoisotopic (exact) mass is 466 g/mol. The molecule has 0 saturated heterocycles. The highest BCUT2D eigenvalue weighted by Crippen LogP contribution is 2.39. The fourth-order valence-electron chi connectivity index (χ4n) is 5.14. The molecule has 5 aromatic carbocycles. The highest BCUT2D eigenvalue weighted by atomic mass is 32.1. The van der Waals surface area contributed by atoms with Gasteiger partial charge in [-0.2, -0.15) is 0 Å². The SMILES string of the molecule is c1ccc(N(c2ccccc2)c2ccc(-n3c4ccccc4c4c5ccsc5ccc43)cc2)cc1. The molecule has 35 heavy (non-hydrogen) atoms. The van der Waals surface area contributed by atoms with Crippen LogP contribution in [0.4, 0.5) is 17.1 Å². The number of fused-ring (bicyclic) bond motifs is 5. The first-order valence-electron chi connectivity index (χ1n) is 11.8. The largest absolute Gasteiger partial charge is 0.311 e. The minimum atomic E-state index is 1.13. The second-order valence-electron chi connectivity index (χ2n) is 8.67. The van der Waals surface area contributed by atoms with E-state index in [4.69, 9.17) is 0 Å². The van der Waals surface area contributed by atoms with Gasteiger partial charge in [0.25, 0.3) is 0 Å². The fraction of sp³-hybridized carbons (Fsp3) is 0. The van der Waals surface area contributed by atoms with Crippen molar-refractivity contribution in [2.24, 2.45) is 0 Å². The quantitative estimate of drug-likeness (QED) is 0.251.